The van der Waals surface area contributed by atoms with Crippen LogP contribution in [0.25, 0.3) is 0 Å². The van der Waals surface area contributed by atoms with E-state index in [1.165, 1.54) is 0 Å². The van der Waals surface area contributed by atoms with Crippen molar-refractivity contribution in [3.63, 3.8) is 0 Å². The first-order valence-electron chi connectivity index (χ1n) is 12.3. The van der Waals surface area contributed by atoms with E-state index in [2.05, 4.69) is 31.4 Å². The normalized spacial score (nSPS) is 20.9. The van der Waals surface area contributed by atoms with E-state index >= 15 is 0 Å². The molecule has 1 spiro atoms. The minimum absolute atomic E-state index is 0.0663. The van der Waals surface area contributed by atoms with Gasteiger partial charge in [-0.05, 0) is 33.6 Å². The fourth-order valence-corrected chi connectivity index (χ4v) is 4.94. The van der Waals surface area contributed by atoms with Crippen LogP contribution >= 0.6 is 0 Å². The number of carbonyl (C=O) groups excluding carboxylic acids is 2. The SMILES string of the molecule is Cn1cc(Nc2nc(N3CCC[C@@H](N4CC5(CN(C(=O)OC(C)(C)C)C5)OC4=O)C3)cnc2C#N)cn1. The van der Waals surface area contributed by atoms with E-state index in [9.17, 15) is 14.9 Å². The van der Waals surface area contributed by atoms with Crippen molar-refractivity contribution < 1.29 is 19.1 Å². The molecule has 37 heavy (non-hydrogen) atoms. The van der Waals surface area contributed by atoms with Crippen LogP contribution < -0.4 is 10.2 Å². The zero-order chi connectivity index (χ0) is 26.4. The molecule has 196 valence electrons. The molecule has 0 radical (unpaired) electrons. The van der Waals surface area contributed by atoms with Crippen LogP contribution in [-0.2, 0) is 16.5 Å². The molecule has 3 saturated heterocycles. The van der Waals surface area contributed by atoms with Crippen molar-refractivity contribution >= 4 is 29.5 Å². The van der Waals surface area contributed by atoms with Gasteiger partial charge in [-0.25, -0.2) is 19.6 Å². The fraction of sp³-hybridized carbons (Fsp3) is 0.583. The van der Waals surface area contributed by atoms with Gasteiger partial charge in [0.2, 0.25) is 0 Å². The quantitative estimate of drug-likeness (QED) is 0.652. The highest BCUT2D eigenvalue weighted by Gasteiger charge is 2.57. The first-order chi connectivity index (χ1) is 17.5. The number of nitriles is 1. The summed E-state index contributed by atoms with van der Waals surface area (Å²) in [5.41, 5.74) is -0.379. The van der Waals surface area contributed by atoms with Crippen LogP contribution in [0.1, 0.15) is 39.3 Å². The smallest absolute Gasteiger partial charge is 0.410 e. The van der Waals surface area contributed by atoms with Gasteiger partial charge in [-0.15, -0.1) is 0 Å². The topological polar surface area (TPSA) is 142 Å². The van der Waals surface area contributed by atoms with E-state index < -0.39 is 17.3 Å². The molecule has 5 heterocycles. The fourth-order valence-electron chi connectivity index (χ4n) is 4.94. The minimum Gasteiger partial charge on any atom is -0.444 e. The highest BCUT2D eigenvalue weighted by Crippen LogP contribution is 2.36. The van der Waals surface area contributed by atoms with E-state index in [4.69, 9.17) is 9.47 Å². The Hall–Kier alpha value is -4.08. The summed E-state index contributed by atoms with van der Waals surface area (Å²) in [6.07, 6.45) is 5.95. The van der Waals surface area contributed by atoms with Crippen LogP contribution in [-0.4, -0.2) is 91.7 Å². The second-order valence-electron chi connectivity index (χ2n) is 10.8. The molecule has 5 rings (SSSR count). The molecular weight excluding hydrogens is 478 g/mol. The van der Waals surface area contributed by atoms with Gasteiger partial charge >= 0.3 is 12.2 Å². The molecule has 2 amide bonds. The summed E-state index contributed by atoms with van der Waals surface area (Å²) in [6, 6.07) is 2.00. The van der Waals surface area contributed by atoms with Crippen LogP contribution in [0, 0.1) is 11.3 Å². The highest BCUT2D eigenvalue weighted by molar-refractivity contribution is 5.74. The second kappa shape index (κ2) is 9.10. The number of rotatable bonds is 4. The van der Waals surface area contributed by atoms with Crippen molar-refractivity contribution in [2.75, 3.05) is 42.9 Å². The summed E-state index contributed by atoms with van der Waals surface area (Å²) in [4.78, 5) is 39.6. The Morgan fingerprint density at radius 2 is 2.08 bits per heavy atom. The molecule has 2 aromatic rings. The molecule has 3 fully saturated rings. The van der Waals surface area contributed by atoms with Gasteiger partial charge in [0.1, 0.15) is 17.5 Å². The highest BCUT2D eigenvalue weighted by atomic mass is 16.6. The molecule has 3 aliphatic heterocycles. The number of ether oxygens (including phenoxy) is 2. The van der Waals surface area contributed by atoms with E-state index in [1.807, 2.05) is 20.8 Å². The summed E-state index contributed by atoms with van der Waals surface area (Å²) in [5.74, 6) is 0.975. The van der Waals surface area contributed by atoms with Crippen LogP contribution in [0.2, 0.25) is 0 Å². The van der Waals surface area contributed by atoms with E-state index in [0.29, 0.717) is 43.5 Å². The Balaban J connectivity index is 1.24. The predicted octanol–water partition coefficient (Wildman–Crippen LogP) is 2.24. The first-order valence-corrected chi connectivity index (χ1v) is 12.3. The third kappa shape index (κ3) is 5.09. The van der Waals surface area contributed by atoms with E-state index in [1.54, 1.807) is 40.1 Å². The van der Waals surface area contributed by atoms with Crippen LogP contribution in [0.4, 0.5) is 26.9 Å². The Morgan fingerprint density at radius 3 is 2.76 bits per heavy atom. The van der Waals surface area contributed by atoms with Gasteiger partial charge in [-0.2, -0.15) is 10.4 Å². The molecule has 0 unspecified atom stereocenters. The summed E-state index contributed by atoms with van der Waals surface area (Å²) < 4.78 is 12.8. The van der Waals surface area contributed by atoms with Gasteiger partial charge in [0, 0.05) is 26.3 Å². The molecule has 0 aromatic carbocycles. The number of nitrogens with one attached hydrogen (secondary N) is 1. The van der Waals surface area contributed by atoms with Crippen molar-refractivity contribution in [3.05, 3.63) is 24.3 Å². The van der Waals surface area contributed by atoms with Crippen LogP contribution in [0.15, 0.2) is 18.6 Å². The molecule has 1 N–H and O–H groups in total. The third-order valence-electron chi connectivity index (χ3n) is 6.60. The number of aryl methyl sites for hydroxylation is 1. The van der Waals surface area contributed by atoms with Crippen LogP contribution in [0.3, 0.4) is 0 Å². The molecule has 0 bridgehead atoms. The number of hydrogen-bond acceptors (Lipinski definition) is 10. The number of amides is 2. The number of aromatic nitrogens is 4. The lowest BCUT2D eigenvalue weighted by atomic mass is 9.93. The number of anilines is 3. The average molecular weight is 510 g/mol. The lowest BCUT2D eigenvalue weighted by Gasteiger charge is -2.45. The standard InChI is InChI=1S/C24H31N9O4/c1-23(2,3)36-21(34)32-13-24(14-32)15-33(22(35)37-24)17-6-5-7-31(12-17)19-10-26-18(8-25)20(29-19)28-16-9-27-30(4)11-16/h9-11,17H,5-7,12-15H2,1-4H3,(H,28,29)/t17-/m1/s1. The third-order valence-corrected chi connectivity index (χ3v) is 6.60. The summed E-state index contributed by atoms with van der Waals surface area (Å²) in [6.45, 7) is 7.86. The average Bonchev–Trinajstić information content (AvgIpc) is 3.39. The van der Waals surface area contributed by atoms with Gasteiger partial charge in [-0.1, -0.05) is 0 Å². The van der Waals surface area contributed by atoms with Crippen molar-refractivity contribution in [1.82, 2.24) is 29.5 Å². The molecular formula is C24H31N9O4. The van der Waals surface area contributed by atoms with Crippen molar-refractivity contribution in [1.29, 1.82) is 5.26 Å². The van der Waals surface area contributed by atoms with Gasteiger partial charge in [0.25, 0.3) is 0 Å². The monoisotopic (exact) mass is 509 g/mol. The number of hydrogen-bond donors (Lipinski definition) is 1. The van der Waals surface area contributed by atoms with Gasteiger partial charge in [-0.3, -0.25) is 14.5 Å². The zero-order valence-electron chi connectivity index (χ0n) is 21.5. The maximum absolute atomic E-state index is 12.8. The lowest BCUT2D eigenvalue weighted by molar-refractivity contribution is -0.0789. The van der Waals surface area contributed by atoms with Gasteiger partial charge < -0.3 is 19.7 Å². The number of nitrogens with zero attached hydrogens (tertiary/aromatic N) is 8. The van der Waals surface area contributed by atoms with Crippen LogP contribution in [0.5, 0.6) is 0 Å². The maximum atomic E-state index is 12.8. The van der Waals surface area contributed by atoms with Crippen molar-refractivity contribution in [2.45, 2.75) is 50.9 Å². The molecule has 13 heteroatoms. The Labute approximate surface area is 214 Å². The molecule has 13 nitrogen and oxygen atoms in total. The van der Waals surface area contributed by atoms with Crippen molar-refractivity contribution in [2.24, 2.45) is 7.05 Å². The van der Waals surface area contributed by atoms with Gasteiger partial charge in [0.15, 0.2) is 17.1 Å². The largest absolute Gasteiger partial charge is 0.444 e. The first kappa shape index (κ1) is 24.6. The van der Waals surface area contributed by atoms with Crippen molar-refractivity contribution in [3.8, 4) is 6.07 Å². The predicted molar refractivity (Wildman–Crippen MR) is 132 cm³/mol. The molecule has 3 aliphatic rings. The summed E-state index contributed by atoms with van der Waals surface area (Å²) in [7, 11) is 1.80. The minimum atomic E-state index is -0.689. The molecule has 1 atom stereocenters. The Kier molecular flexibility index (Phi) is 6.05. The molecule has 2 aromatic heterocycles. The Morgan fingerprint density at radius 1 is 1.30 bits per heavy atom. The molecule has 0 aliphatic carbocycles. The summed E-state index contributed by atoms with van der Waals surface area (Å²) in [5, 5.41) is 16.7. The van der Waals surface area contributed by atoms with Gasteiger partial charge in [0.05, 0.1) is 43.8 Å². The lowest BCUT2D eigenvalue weighted by Crippen LogP contribution is -2.66. The second-order valence-corrected chi connectivity index (χ2v) is 10.8. The van der Waals surface area contributed by atoms with E-state index in [-0.39, 0.29) is 17.8 Å². The van der Waals surface area contributed by atoms with E-state index in [0.717, 1.165) is 19.4 Å². The zero-order valence-corrected chi connectivity index (χ0v) is 21.5. The Bertz CT molecular complexity index is 1240. The number of piperidine rings is 1. The summed E-state index contributed by atoms with van der Waals surface area (Å²) >= 11 is 0. The molecule has 0 saturated carbocycles. The number of carbonyl (C=O) groups is 2. The number of likely N-dealkylation sites (tertiary alicyclic amines) is 1. The maximum Gasteiger partial charge on any atom is 0.410 e.